The molecule has 0 aliphatic heterocycles. The molecule has 0 amide bonds. The topological polar surface area (TPSA) is 107 Å². The molecule has 21 heavy (non-hydrogen) atoms. The summed E-state index contributed by atoms with van der Waals surface area (Å²) in [6, 6.07) is 2.25. The van der Waals surface area contributed by atoms with Crippen molar-refractivity contribution in [3.63, 3.8) is 0 Å². The SMILES string of the molecule is Cc1[nH]c(=O)nc(SCCCCC(C)(C)C#N)c1C(=O)O. The number of nitriles is 1. The summed E-state index contributed by atoms with van der Waals surface area (Å²) in [5, 5.41) is 18.3. The molecule has 0 unspecified atom stereocenters. The lowest BCUT2D eigenvalue weighted by atomic mass is 9.89. The van der Waals surface area contributed by atoms with Crippen LogP contribution in [0.3, 0.4) is 0 Å². The van der Waals surface area contributed by atoms with Gasteiger partial charge in [0.2, 0.25) is 0 Å². The molecule has 1 heterocycles. The van der Waals surface area contributed by atoms with Crippen molar-refractivity contribution in [3.05, 3.63) is 21.7 Å². The predicted molar refractivity (Wildman–Crippen MR) is 80.5 cm³/mol. The second-order valence-electron chi connectivity index (χ2n) is 5.45. The van der Waals surface area contributed by atoms with E-state index in [2.05, 4.69) is 16.0 Å². The van der Waals surface area contributed by atoms with Gasteiger partial charge in [-0.3, -0.25) is 0 Å². The Labute approximate surface area is 127 Å². The average Bonchev–Trinajstić information content (AvgIpc) is 2.36. The smallest absolute Gasteiger partial charge is 0.346 e. The fourth-order valence-corrected chi connectivity index (χ4v) is 2.88. The zero-order valence-corrected chi connectivity index (χ0v) is 13.2. The Morgan fingerprint density at radius 1 is 1.48 bits per heavy atom. The molecular weight excluding hydrogens is 290 g/mol. The van der Waals surface area contributed by atoms with Gasteiger partial charge in [0.1, 0.15) is 10.6 Å². The maximum Gasteiger partial charge on any atom is 0.346 e. The second kappa shape index (κ2) is 7.27. The van der Waals surface area contributed by atoms with Crippen LogP contribution in [-0.2, 0) is 0 Å². The third kappa shape index (κ3) is 5.23. The van der Waals surface area contributed by atoms with E-state index in [9.17, 15) is 9.59 Å². The number of rotatable bonds is 7. The minimum absolute atomic E-state index is 0.0527. The molecule has 0 spiro atoms. The van der Waals surface area contributed by atoms with E-state index in [0.29, 0.717) is 11.4 Å². The van der Waals surface area contributed by atoms with Crippen molar-refractivity contribution in [1.82, 2.24) is 9.97 Å². The Bertz CT molecular complexity index is 617. The summed E-state index contributed by atoms with van der Waals surface area (Å²) < 4.78 is 0. The molecule has 1 rings (SSSR count). The molecule has 0 radical (unpaired) electrons. The highest BCUT2D eigenvalue weighted by molar-refractivity contribution is 7.99. The van der Waals surface area contributed by atoms with Gasteiger partial charge in [-0.05, 0) is 39.4 Å². The van der Waals surface area contributed by atoms with E-state index in [4.69, 9.17) is 10.4 Å². The molecule has 7 heteroatoms. The number of H-pyrrole nitrogens is 1. The van der Waals surface area contributed by atoms with Crippen molar-refractivity contribution in [2.75, 3.05) is 5.75 Å². The number of nitrogens with zero attached hydrogens (tertiary/aromatic N) is 2. The maximum atomic E-state index is 11.3. The predicted octanol–water partition coefficient (Wildman–Crippen LogP) is 2.59. The molecule has 6 nitrogen and oxygen atoms in total. The molecule has 0 fully saturated rings. The van der Waals surface area contributed by atoms with Crippen LogP contribution in [0.2, 0.25) is 0 Å². The Kier molecular flexibility index (Phi) is 5.97. The third-order valence-electron chi connectivity index (χ3n) is 3.04. The number of aromatic amines is 1. The van der Waals surface area contributed by atoms with Crippen LogP contribution in [0.25, 0.3) is 0 Å². The number of thioether (sulfide) groups is 1. The Morgan fingerprint density at radius 3 is 2.71 bits per heavy atom. The van der Waals surface area contributed by atoms with Gasteiger partial charge in [-0.25, -0.2) is 9.59 Å². The van der Waals surface area contributed by atoms with E-state index in [1.807, 2.05) is 13.8 Å². The Balaban J connectivity index is 2.63. The van der Waals surface area contributed by atoms with Crippen LogP contribution >= 0.6 is 11.8 Å². The summed E-state index contributed by atoms with van der Waals surface area (Å²) in [5.41, 5.74) is -0.506. The van der Waals surface area contributed by atoms with Gasteiger partial charge in [-0.2, -0.15) is 10.2 Å². The number of aryl methyl sites for hydroxylation is 1. The summed E-state index contributed by atoms with van der Waals surface area (Å²) >= 11 is 1.27. The third-order valence-corrected chi connectivity index (χ3v) is 4.10. The fraction of sp³-hybridized carbons (Fsp3) is 0.571. The number of aromatic carboxylic acids is 1. The van der Waals surface area contributed by atoms with Crippen molar-refractivity contribution in [2.24, 2.45) is 5.41 Å². The van der Waals surface area contributed by atoms with Crippen molar-refractivity contribution < 1.29 is 9.90 Å². The van der Waals surface area contributed by atoms with Gasteiger partial charge >= 0.3 is 11.7 Å². The number of hydrogen-bond acceptors (Lipinski definition) is 5. The monoisotopic (exact) mass is 309 g/mol. The highest BCUT2D eigenvalue weighted by Crippen LogP contribution is 2.25. The molecule has 0 bridgehead atoms. The lowest BCUT2D eigenvalue weighted by Gasteiger charge is -2.14. The normalized spacial score (nSPS) is 11.1. The van der Waals surface area contributed by atoms with Crippen molar-refractivity contribution in [2.45, 2.75) is 45.1 Å². The number of carboxylic acid groups (broad SMARTS) is 1. The summed E-state index contributed by atoms with van der Waals surface area (Å²) in [6.07, 6.45) is 2.50. The van der Waals surface area contributed by atoms with E-state index in [-0.39, 0.29) is 16.0 Å². The molecule has 114 valence electrons. The quantitative estimate of drug-likeness (QED) is 0.455. The van der Waals surface area contributed by atoms with E-state index in [0.717, 1.165) is 19.3 Å². The van der Waals surface area contributed by atoms with Crippen LogP contribution in [0.15, 0.2) is 9.82 Å². The standard InChI is InChI=1S/C14H19N3O3S/c1-9-10(12(18)19)11(17-13(20)16-9)21-7-5-4-6-14(2,3)8-15/h4-7H2,1-3H3,(H,18,19)(H,16,17,20). The first-order chi connectivity index (χ1) is 9.76. The summed E-state index contributed by atoms with van der Waals surface area (Å²) in [5.74, 6) is -0.429. The zero-order valence-electron chi connectivity index (χ0n) is 12.4. The molecule has 1 aromatic rings. The molecule has 0 aliphatic carbocycles. The van der Waals surface area contributed by atoms with Gasteiger partial charge in [0.25, 0.3) is 0 Å². The first kappa shape index (κ1) is 17.2. The molecular formula is C14H19N3O3S. The lowest BCUT2D eigenvalue weighted by Crippen LogP contribution is -2.18. The molecule has 0 aliphatic rings. The number of carbonyl (C=O) groups is 1. The average molecular weight is 309 g/mol. The summed E-state index contributed by atoms with van der Waals surface area (Å²) in [6.45, 7) is 5.33. The van der Waals surface area contributed by atoms with Gasteiger partial charge in [-0.15, -0.1) is 11.8 Å². The molecule has 0 aromatic carbocycles. The molecule has 0 saturated heterocycles. The zero-order chi connectivity index (χ0) is 16.0. The summed E-state index contributed by atoms with van der Waals surface area (Å²) in [7, 11) is 0. The van der Waals surface area contributed by atoms with Gasteiger partial charge in [0, 0.05) is 5.69 Å². The summed E-state index contributed by atoms with van der Waals surface area (Å²) in [4.78, 5) is 28.7. The van der Waals surface area contributed by atoms with Crippen molar-refractivity contribution in [1.29, 1.82) is 5.26 Å². The Hall–Kier alpha value is -1.81. The van der Waals surface area contributed by atoms with Crippen LogP contribution in [-0.4, -0.2) is 26.8 Å². The van der Waals surface area contributed by atoms with Gasteiger partial charge in [0.15, 0.2) is 0 Å². The first-order valence-electron chi connectivity index (χ1n) is 6.65. The van der Waals surface area contributed by atoms with E-state index < -0.39 is 11.7 Å². The second-order valence-corrected chi connectivity index (χ2v) is 6.54. The van der Waals surface area contributed by atoms with Gasteiger partial charge in [-0.1, -0.05) is 6.42 Å². The van der Waals surface area contributed by atoms with Crippen LogP contribution in [0, 0.1) is 23.7 Å². The molecule has 0 saturated carbocycles. The fourth-order valence-electron chi connectivity index (χ4n) is 1.81. The highest BCUT2D eigenvalue weighted by Gasteiger charge is 2.18. The minimum Gasteiger partial charge on any atom is -0.478 e. The van der Waals surface area contributed by atoms with Crippen LogP contribution < -0.4 is 5.69 Å². The number of aromatic nitrogens is 2. The highest BCUT2D eigenvalue weighted by atomic mass is 32.2. The largest absolute Gasteiger partial charge is 0.478 e. The van der Waals surface area contributed by atoms with Crippen molar-refractivity contribution in [3.8, 4) is 6.07 Å². The number of nitrogens with one attached hydrogen (secondary N) is 1. The van der Waals surface area contributed by atoms with Crippen LogP contribution in [0.5, 0.6) is 0 Å². The van der Waals surface area contributed by atoms with Crippen LogP contribution in [0.1, 0.15) is 49.2 Å². The lowest BCUT2D eigenvalue weighted by molar-refractivity contribution is 0.0690. The molecule has 2 N–H and O–H groups in total. The van der Waals surface area contributed by atoms with Crippen LogP contribution in [0.4, 0.5) is 0 Å². The van der Waals surface area contributed by atoms with Gasteiger partial charge < -0.3 is 10.1 Å². The Morgan fingerprint density at radius 2 is 2.14 bits per heavy atom. The van der Waals surface area contributed by atoms with E-state index in [1.165, 1.54) is 11.8 Å². The molecule has 0 atom stereocenters. The van der Waals surface area contributed by atoms with Gasteiger partial charge in [0.05, 0.1) is 11.5 Å². The number of hydrogen-bond donors (Lipinski definition) is 2. The maximum absolute atomic E-state index is 11.3. The van der Waals surface area contributed by atoms with E-state index >= 15 is 0 Å². The number of unbranched alkanes of at least 4 members (excludes halogenated alkanes) is 1. The number of carboxylic acids is 1. The minimum atomic E-state index is -1.09. The first-order valence-corrected chi connectivity index (χ1v) is 7.63. The molecule has 1 aromatic heterocycles. The van der Waals surface area contributed by atoms with Crippen molar-refractivity contribution >= 4 is 17.7 Å². The van der Waals surface area contributed by atoms with E-state index in [1.54, 1.807) is 6.92 Å².